The summed E-state index contributed by atoms with van der Waals surface area (Å²) in [4.78, 5) is 36.0. The lowest BCUT2D eigenvalue weighted by Gasteiger charge is -2.36. The maximum absolute atomic E-state index is 12.4. The van der Waals surface area contributed by atoms with Crippen molar-refractivity contribution in [3.05, 3.63) is 29.8 Å². The zero-order valence-electron chi connectivity index (χ0n) is 12.3. The van der Waals surface area contributed by atoms with E-state index in [1.54, 1.807) is 12.1 Å². The van der Waals surface area contributed by atoms with Crippen molar-refractivity contribution >= 4 is 17.7 Å². The minimum Gasteiger partial charge on any atom is -0.508 e. The zero-order chi connectivity index (χ0) is 16.6. The van der Waals surface area contributed by atoms with Crippen LogP contribution in [0, 0.1) is 0 Å². The van der Waals surface area contributed by atoms with Crippen molar-refractivity contribution in [1.29, 1.82) is 0 Å². The number of hydrogen-bond acceptors (Lipinski definition) is 5. The van der Waals surface area contributed by atoms with Gasteiger partial charge in [0.2, 0.25) is 17.7 Å². The Bertz CT molecular complexity index is 660. The van der Waals surface area contributed by atoms with Crippen LogP contribution in [0.4, 0.5) is 0 Å². The molecule has 23 heavy (non-hydrogen) atoms. The summed E-state index contributed by atoms with van der Waals surface area (Å²) in [5.41, 5.74) is 4.94. The second-order valence-electron chi connectivity index (χ2n) is 6.01. The highest BCUT2D eigenvalue weighted by Gasteiger charge is 2.52. The van der Waals surface area contributed by atoms with E-state index in [0.717, 1.165) is 5.56 Å². The predicted octanol–water partition coefficient (Wildman–Crippen LogP) is -1.86. The van der Waals surface area contributed by atoms with Crippen molar-refractivity contribution in [1.82, 2.24) is 16.0 Å². The first kappa shape index (κ1) is 15.3. The van der Waals surface area contributed by atoms with E-state index in [9.17, 15) is 19.5 Å². The quantitative estimate of drug-likeness (QED) is 0.445. The van der Waals surface area contributed by atoms with Crippen LogP contribution in [0.25, 0.3) is 0 Å². The number of piperazine rings is 1. The van der Waals surface area contributed by atoms with Gasteiger partial charge < -0.3 is 26.8 Å². The highest BCUT2D eigenvalue weighted by molar-refractivity contribution is 6.01. The van der Waals surface area contributed by atoms with Gasteiger partial charge in [-0.1, -0.05) is 12.1 Å². The summed E-state index contributed by atoms with van der Waals surface area (Å²) in [5.74, 6) is -1.03. The molecule has 3 atom stereocenters. The van der Waals surface area contributed by atoms with E-state index in [0.29, 0.717) is 6.42 Å². The highest BCUT2D eigenvalue weighted by atomic mass is 16.3. The van der Waals surface area contributed by atoms with Crippen LogP contribution in [0.5, 0.6) is 5.75 Å². The van der Waals surface area contributed by atoms with Crippen LogP contribution >= 0.6 is 0 Å². The standard InChI is InChI=1S/C15H18N4O4/c16-12(21)11-6-15(7-17-11)14(23)18-10(13(22)19-15)5-8-1-3-9(20)4-2-8/h1-4,10-11,17,20H,5-7H2,(H2,16,21)(H,18,23)(H,19,22)/t10-,11?,15-/m0/s1. The predicted molar refractivity (Wildman–Crippen MR) is 80.2 cm³/mol. The van der Waals surface area contributed by atoms with Crippen LogP contribution in [0.15, 0.2) is 24.3 Å². The fourth-order valence-corrected chi connectivity index (χ4v) is 3.01. The third-order valence-electron chi connectivity index (χ3n) is 4.34. The van der Waals surface area contributed by atoms with E-state index in [1.807, 2.05) is 0 Å². The number of hydrogen-bond donors (Lipinski definition) is 5. The molecule has 1 aromatic carbocycles. The largest absolute Gasteiger partial charge is 0.508 e. The normalized spacial score (nSPS) is 30.1. The lowest BCUT2D eigenvalue weighted by molar-refractivity contribution is -0.141. The molecule has 0 saturated carbocycles. The molecule has 0 aliphatic carbocycles. The van der Waals surface area contributed by atoms with Gasteiger partial charge in [-0.3, -0.25) is 14.4 Å². The number of amides is 3. The minimum absolute atomic E-state index is 0.138. The molecule has 0 bridgehead atoms. The molecule has 8 heteroatoms. The number of phenols is 1. The van der Waals surface area contributed by atoms with Crippen molar-refractivity contribution in [3.8, 4) is 5.75 Å². The molecule has 1 aromatic rings. The first-order chi connectivity index (χ1) is 10.9. The molecular weight excluding hydrogens is 300 g/mol. The fourth-order valence-electron chi connectivity index (χ4n) is 3.01. The Balaban J connectivity index is 1.70. The maximum Gasteiger partial charge on any atom is 0.247 e. The maximum atomic E-state index is 12.4. The molecule has 1 unspecified atom stereocenters. The molecule has 2 heterocycles. The lowest BCUT2D eigenvalue weighted by Crippen LogP contribution is -2.70. The number of primary amides is 1. The first-order valence-corrected chi connectivity index (χ1v) is 7.33. The Morgan fingerprint density at radius 1 is 1.30 bits per heavy atom. The summed E-state index contributed by atoms with van der Waals surface area (Å²) in [5, 5.41) is 17.6. The first-order valence-electron chi connectivity index (χ1n) is 7.33. The molecule has 2 aliphatic heterocycles. The molecule has 122 valence electrons. The van der Waals surface area contributed by atoms with Gasteiger partial charge in [0, 0.05) is 19.4 Å². The van der Waals surface area contributed by atoms with Gasteiger partial charge in [0.1, 0.15) is 17.3 Å². The monoisotopic (exact) mass is 318 g/mol. The van der Waals surface area contributed by atoms with Gasteiger partial charge in [0.05, 0.1) is 6.04 Å². The van der Waals surface area contributed by atoms with Crippen LogP contribution in [0.1, 0.15) is 12.0 Å². The number of carbonyl (C=O) groups is 3. The Morgan fingerprint density at radius 2 is 2.00 bits per heavy atom. The third kappa shape index (κ3) is 2.85. The summed E-state index contributed by atoms with van der Waals surface area (Å²) in [6.45, 7) is 0.171. The number of rotatable bonds is 3. The number of aromatic hydroxyl groups is 1. The fraction of sp³-hybridized carbons (Fsp3) is 0.400. The average Bonchev–Trinajstić information content (AvgIpc) is 2.93. The van der Waals surface area contributed by atoms with E-state index in [4.69, 9.17) is 5.73 Å². The Labute approximate surface area is 132 Å². The van der Waals surface area contributed by atoms with E-state index in [1.165, 1.54) is 12.1 Å². The zero-order valence-corrected chi connectivity index (χ0v) is 12.3. The second kappa shape index (κ2) is 5.54. The second-order valence-corrected chi connectivity index (χ2v) is 6.01. The molecule has 0 aromatic heterocycles. The molecule has 3 rings (SSSR count). The van der Waals surface area contributed by atoms with Gasteiger partial charge in [-0.2, -0.15) is 0 Å². The van der Waals surface area contributed by atoms with Crippen molar-refractivity contribution < 1.29 is 19.5 Å². The van der Waals surface area contributed by atoms with E-state index >= 15 is 0 Å². The highest BCUT2D eigenvalue weighted by Crippen LogP contribution is 2.23. The summed E-state index contributed by atoms with van der Waals surface area (Å²) in [6, 6.07) is 5.12. The van der Waals surface area contributed by atoms with Crippen molar-refractivity contribution in [2.45, 2.75) is 30.5 Å². The Hall–Kier alpha value is -2.61. The van der Waals surface area contributed by atoms with Crippen LogP contribution in [-0.4, -0.2) is 47.0 Å². The van der Waals surface area contributed by atoms with Gasteiger partial charge in [-0.05, 0) is 17.7 Å². The van der Waals surface area contributed by atoms with E-state index < -0.39 is 23.5 Å². The molecule has 3 amide bonds. The Morgan fingerprint density at radius 3 is 2.61 bits per heavy atom. The molecule has 2 aliphatic rings. The average molecular weight is 318 g/mol. The van der Waals surface area contributed by atoms with Crippen molar-refractivity contribution in [3.63, 3.8) is 0 Å². The molecule has 1 spiro atoms. The summed E-state index contributed by atoms with van der Waals surface area (Å²) >= 11 is 0. The molecule has 2 fully saturated rings. The number of benzene rings is 1. The number of carbonyl (C=O) groups excluding carboxylic acids is 3. The molecule has 0 radical (unpaired) electrons. The summed E-state index contributed by atoms with van der Waals surface area (Å²) in [7, 11) is 0. The van der Waals surface area contributed by atoms with Gasteiger partial charge in [0.15, 0.2) is 0 Å². The molecule has 2 saturated heterocycles. The lowest BCUT2D eigenvalue weighted by atomic mass is 9.89. The number of nitrogens with two attached hydrogens (primary N) is 1. The number of nitrogens with one attached hydrogen (secondary N) is 3. The Kier molecular flexibility index (Phi) is 3.69. The van der Waals surface area contributed by atoms with Crippen LogP contribution in [0.2, 0.25) is 0 Å². The summed E-state index contributed by atoms with van der Waals surface area (Å²) in [6.07, 6.45) is 0.465. The van der Waals surface area contributed by atoms with E-state index in [2.05, 4.69) is 16.0 Å². The molecule has 6 N–H and O–H groups in total. The van der Waals surface area contributed by atoms with Gasteiger partial charge in [-0.15, -0.1) is 0 Å². The van der Waals surface area contributed by atoms with E-state index in [-0.39, 0.29) is 30.5 Å². The van der Waals surface area contributed by atoms with Gasteiger partial charge in [0.25, 0.3) is 0 Å². The minimum atomic E-state index is -1.12. The van der Waals surface area contributed by atoms with Crippen LogP contribution in [0.3, 0.4) is 0 Å². The van der Waals surface area contributed by atoms with Gasteiger partial charge >= 0.3 is 0 Å². The topological polar surface area (TPSA) is 134 Å². The molecule has 8 nitrogen and oxygen atoms in total. The number of phenolic OH excluding ortho intramolecular Hbond substituents is 1. The smallest absolute Gasteiger partial charge is 0.247 e. The third-order valence-corrected chi connectivity index (χ3v) is 4.34. The van der Waals surface area contributed by atoms with Gasteiger partial charge in [-0.25, -0.2) is 0 Å². The summed E-state index contributed by atoms with van der Waals surface area (Å²) < 4.78 is 0. The SMILES string of the molecule is NC(=O)C1C[C@@]2(CN1)NC(=O)[C@H](Cc1ccc(O)cc1)NC2=O. The van der Waals surface area contributed by atoms with Crippen LogP contribution < -0.4 is 21.7 Å². The van der Waals surface area contributed by atoms with Crippen molar-refractivity contribution in [2.24, 2.45) is 5.73 Å². The van der Waals surface area contributed by atoms with Crippen molar-refractivity contribution in [2.75, 3.05) is 6.54 Å². The molecular formula is C15H18N4O4. The van der Waals surface area contributed by atoms with Crippen LogP contribution in [-0.2, 0) is 20.8 Å².